The lowest BCUT2D eigenvalue weighted by molar-refractivity contribution is -0.140. The van der Waals surface area contributed by atoms with Crippen molar-refractivity contribution in [3.05, 3.63) is 58.7 Å². The first-order valence-electron chi connectivity index (χ1n) is 10.8. The van der Waals surface area contributed by atoms with Crippen LogP contribution in [0.15, 0.2) is 47.5 Å². The van der Waals surface area contributed by atoms with E-state index in [1.165, 1.54) is 14.2 Å². The van der Waals surface area contributed by atoms with Gasteiger partial charge >= 0.3 is 11.9 Å². The van der Waals surface area contributed by atoms with Crippen LogP contribution in [0.5, 0.6) is 23.0 Å². The van der Waals surface area contributed by atoms with Crippen LogP contribution in [0.3, 0.4) is 0 Å². The number of carbonyl (C=O) groups excluding carboxylic acids is 1. The number of Topliss-reactive ketones (excluding diaryl/α,β-unsaturated/α-hetero) is 1. The van der Waals surface area contributed by atoms with Crippen molar-refractivity contribution >= 4 is 29.9 Å². The Labute approximate surface area is 202 Å². The number of methoxy groups -OCH3 is 2. The number of hydrogen-bond donors (Lipinski definition) is 2. The third-order valence-electron chi connectivity index (χ3n) is 5.23. The number of hydrogen-bond acceptors (Lipinski definition) is 7. The average molecular weight is 482 g/mol. The maximum Gasteiger partial charge on any atom is 0.341 e. The summed E-state index contributed by atoms with van der Waals surface area (Å²) in [5, 5.41) is 17.6. The van der Waals surface area contributed by atoms with Crippen molar-refractivity contribution in [3.63, 3.8) is 0 Å². The summed E-state index contributed by atoms with van der Waals surface area (Å²) in [5.41, 5.74) is 2.76. The van der Waals surface area contributed by atoms with Crippen LogP contribution in [0.1, 0.15) is 30.4 Å². The normalized spacial score (nSPS) is 15.7. The summed E-state index contributed by atoms with van der Waals surface area (Å²) in [4.78, 5) is 34.7. The number of ketones is 1. The molecule has 0 heterocycles. The SMILES string of the molecule is COc1cc(C=C2CCCC(=Cc3ccc(OCC(=O)O)c(OC)c3)C2=O)ccc1OCC(=O)O. The third kappa shape index (κ3) is 6.86. The van der Waals surface area contributed by atoms with Crippen LogP contribution in [-0.2, 0) is 14.4 Å². The molecule has 2 aromatic carbocycles. The predicted octanol–water partition coefficient (Wildman–Crippen LogP) is 3.85. The summed E-state index contributed by atoms with van der Waals surface area (Å²) in [6.45, 7) is -0.970. The number of carbonyl (C=O) groups is 3. The van der Waals surface area contributed by atoms with Gasteiger partial charge in [-0.1, -0.05) is 12.1 Å². The Morgan fingerprint density at radius 3 is 1.57 bits per heavy atom. The van der Waals surface area contributed by atoms with Crippen molar-refractivity contribution in [2.24, 2.45) is 0 Å². The van der Waals surface area contributed by atoms with E-state index in [9.17, 15) is 14.4 Å². The third-order valence-corrected chi connectivity index (χ3v) is 5.23. The van der Waals surface area contributed by atoms with Crippen molar-refractivity contribution < 1.29 is 43.5 Å². The average Bonchev–Trinajstić information content (AvgIpc) is 2.84. The second-order valence-electron chi connectivity index (χ2n) is 7.71. The van der Waals surface area contributed by atoms with E-state index in [4.69, 9.17) is 29.2 Å². The monoisotopic (exact) mass is 482 g/mol. The Balaban J connectivity index is 1.81. The Bertz CT molecular complexity index is 1090. The zero-order chi connectivity index (χ0) is 25.4. The van der Waals surface area contributed by atoms with Crippen LogP contribution in [-0.4, -0.2) is 55.4 Å². The number of rotatable bonds is 10. The van der Waals surface area contributed by atoms with Crippen molar-refractivity contribution in [2.75, 3.05) is 27.4 Å². The van der Waals surface area contributed by atoms with Crippen LogP contribution in [0.25, 0.3) is 12.2 Å². The van der Waals surface area contributed by atoms with E-state index in [-0.39, 0.29) is 5.78 Å². The van der Waals surface area contributed by atoms with E-state index < -0.39 is 25.2 Å². The van der Waals surface area contributed by atoms with E-state index in [1.54, 1.807) is 48.6 Å². The second kappa shape index (κ2) is 11.7. The molecule has 1 aliphatic carbocycles. The first-order chi connectivity index (χ1) is 16.8. The van der Waals surface area contributed by atoms with Crippen LogP contribution in [0.2, 0.25) is 0 Å². The standard InChI is InChI=1S/C26H26O9/c1-32-22-12-16(6-8-20(22)34-14-24(27)28)10-18-4-3-5-19(26(18)31)11-17-7-9-21(23(13-17)33-2)35-15-25(29)30/h6-13H,3-5,14-15H2,1-2H3,(H,27,28)(H,29,30). The highest BCUT2D eigenvalue weighted by Gasteiger charge is 2.21. The van der Waals surface area contributed by atoms with Gasteiger partial charge < -0.3 is 29.2 Å². The van der Waals surface area contributed by atoms with Crippen LogP contribution in [0, 0.1) is 0 Å². The van der Waals surface area contributed by atoms with Gasteiger partial charge in [-0.2, -0.15) is 0 Å². The molecule has 2 N–H and O–H groups in total. The van der Waals surface area contributed by atoms with E-state index in [0.717, 1.165) is 17.5 Å². The summed E-state index contributed by atoms with van der Waals surface area (Å²) in [5.74, 6) is -0.897. The van der Waals surface area contributed by atoms with E-state index in [1.807, 2.05) is 0 Å². The Morgan fingerprint density at radius 2 is 1.20 bits per heavy atom. The van der Waals surface area contributed by atoms with Gasteiger partial charge in [0.2, 0.25) is 0 Å². The summed E-state index contributed by atoms with van der Waals surface area (Å²) in [7, 11) is 2.91. The van der Waals surface area contributed by atoms with E-state index in [0.29, 0.717) is 47.0 Å². The van der Waals surface area contributed by atoms with Gasteiger partial charge in [0.1, 0.15) is 0 Å². The van der Waals surface area contributed by atoms with Gasteiger partial charge in [0.05, 0.1) is 14.2 Å². The van der Waals surface area contributed by atoms with Crippen molar-refractivity contribution in [1.82, 2.24) is 0 Å². The highest BCUT2D eigenvalue weighted by atomic mass is 16.5. The van der Waals surface area contributed by atoms with Crippen LogP contribution in [0.4, 0.5) is 0 Å². The van der Waals surface area contributed by atoms with Crippen LogP contribution >= 0.6 is 0 Å². The molecule has 0 saturated heterocycles. The minimum Gasteiger partial charge on any atom is -0.493 e. The van der Waals surface area contributed by atoms with Gasteiger partial charge in [0.25, 0.3) is 0 Å². The molecule has 0 aromatic heterocycles. The number of carboxylic acids is 2. The molecule has 0 amide bonds. The highest BCUT2D eigenvalue weighted by molar-refractivity contribution is 6.14. The zero-order valence-electron chi connectivity index (χ0n) is 19.4. The molecule has 0 unspecified atom stereocenters. The van der Waals surface area contributed by atoms with Gasteiger partial charge in [-0.25, -0.2) is 9.59 Å². The van der Waals surface area contributed by atoms with Gasteiger partial charge in [0, 0.05) is 11.1 Å². The van der Waals surface area contributed by atoms with Gasteiger partial charge in [-0.15, -0.1) is 0 Å². The summed E-state index contributed by atoms with van der Waals surface area (Å²) in [6.07, 6.45) is 5.64. The fraction of sp³-hybridized carbons (Fsp3) is 0.269. The number of benzene rings is 2. The number of allylic oxidation sites excluding steroid dienone is 2. The number of ether oxygens (including phenoxy) is 4. The maximum atomic E-state index is 13.2. The molecule has 9 heteroatoms. The summed E-state index contributed by atoms with van der Waals surface area (Å²) in [6, 6.07) is 10.1. The van der Waals surface area contributed by atoms with E-state index >= 15 is 0 Å². The van der Waals surface area contributed by atoms with Gasteiger partial charge in [0.15, 0.2) is 42.0 Å². The van der Waals surface area contributed by atoms with E-state index in [2.05, 4.69) is 0 Å². The molecule has 0 aliphatic heterocycles. The minimum absolute atomic E-state index is 0.0633. The largest absolute Gasteiger partial charge is 0.493 e. The molecule has 1 aliphatic rings. The Hall–Kier alpha value is -4.27. The van der Waals surface area contributed by atoms with Crippen LogP contribution < -0.4 is 18.9 Å². The van der Waals surface area contributed by atoms with Crippen molar-refractivity contribution in [3.8, 4) is 23.0 Å². The molecule has 0 radical (unpaired) electrons. The molecule has 0 spiro atoms. The predicted molar refractivity (Wildman–Crippen MR) is 127 cm³/mol. The molecule has 0 atom stereocenters. The number of aliphatic carboxylic acids is 2. The fourth-order valence-electron chi connectivity index (χ4n) is 3.65. The zero-order valence-corrected chi connectivity index (χ0v) is 19.4. The lowest BCUT2D eigenvalue weighted by atomic mass is 9.87. The summed E-state index contributed by atoms with van der Waals surface area (Å²) >= 11 is 0. The smallest absolute Gasteiger partial charge is 0.341 e. The fourth-order valence-corrected chi connectivity index (χ4v) is 3.65. The lowest BCUT2D eigenvalue weighted by Gasteiger charge is -2.17. The molecular formula is C26H26O9. The first-order valence-corrected chi connectivity index (χ1v) is 10.8. The molecular weight excluding hydrogens is 456 g/mol. The first kappa shape index (κ1) is 25.4. The topological polar surface area (TPSA) is 129 Å². The molecule has 3 rings (SSSR count). The molecule has 0 bridgehead atoms. The minimum atomic E-state index is -1.09. The molecule has 35 heavy (non-hydrogen) atoms. The maximum absolute atomic E-state index is 13.2. The van der Waals surface area contributed by atoms with Gasteiger partial charge in [-0.05, 0) is 66.8 Å². The van der Waals surface area contributed by atoms with Crippen molar-refractivity contribution in [2.45, 2.75) is 19.3 Å². The number of carboxylic acid groups (broad SMARTS) is 2. The second-order valence-corrected chi connectivity index (χ2v) is 7.71. The van der Waals surface area contributed by atoms with Gasteiger partial charge in [-0.3, -0.25) is 4.79 Å². The molecule has 1 fully saturated rings. The quantitative estimate of drug-likeness (QED) is 0.485. The molecule has 9 nitrogen and oxygen atoms in total. The highest BCUT2D eigenvalue weighted by Crippen LogP contribution is 2.33. The molecule has 1 saturated carbocycles. The Kier molecular flexibility index (Phi) is 8.50. The Morgan fingerprint density at radius 1 is 0.771 bits per heavy atom. The lowest BCUT2D eigenvalue weighted by Crippen LogP contribution is -2.12. The van der Waals surface area contributed by atoms with Crippen molar-refractivity contribution in [1.29, 1.82) is 0 Å². The molecule has 2 aromatic rings. The molecule has 184 valence electrons. The summed E-state index contributed by atoms with van der Waals surface area (Å²) < 4.78 is 21.0.